The minimum atomic E-state index is -0.903. The summed E-state index contributed by atoms with van der Waals surface area (Å²) in [4.78, 5) is 29.0. The molecule has 0 saturated carbocycles. The number of carbonyl (C=O) groups excluding carboxylic acids is 2. The van der Waals surface area contributed by atoms with Crippen molar-refractivity contribution < 1.29 is 23.1 Å². The molecule has 2 aliphatic rings. The van der Waals surface area contributed by atoms with Crippen molar-refractivity contribution in [2.45, 2.75) is 44.6 Å². The Morgan fingerprint density at radius 3 is 2.97 bits per heavy atom. The number of nitrogens with two attached hydrogens (primary N) is 1. The van der Waals surface area contributed by atoms with Gasteiger partial charge in [0.15, 0.2) is 5.82 Å². The molecule has 10 heteroatoms. The summed E-state index contributed by atoms with van der Waals surface area (Å²) in [6.45, 7) is 1.88. The van der Waals surface area contributed by atoms with Crippen molar-refractivity contribution >= 4 is 17.5 Å². The Morgan fingerprint density at radius 1 is 1.45 bits per heavy atom. The Kier molecular flexibility index (Phi) is 4.71. The Balaban J connectivity index is 1.78. The smallest absolute Gasteiger partial charge is 0.288 e. The van der Waals surface area contributed by atoms with Crippen LogP contribution in [0, 0.1) is 17.6 Å². The molecule has 2 aliphatic heterocycles. The zero-order chi connectivity index (χ0) is 20.8. The maximum absolute atomic E-state index is 14.2. The normalized spacial score (nSPS) is 23.4. The Morgan fingerprint density at radius 2 is 2.24 bits per heavy atom. The standard InChI is InChI=1S/C19H21F2N5O3/c1-2-5-19(6-3-4-14-23-17(16(22)27)25-26(14)19)11-9-29-13-8-10(20)7-12(21)15(13)24-18(11)28/h7-8,11H,2-6,9H2,1H3,(H2,22,27)(H,24,28)/t11-,19?/m0/s1. The summed E-state index contributed by atoms with van der Waals surface area (Å²) in [5.41, 5.74) is 4.35. The van der Waals surface area contributed by atoms with Crippen LogP contribution in [0.1, 0.15) is 49.1 Å². The van der Waals surface area contributed by atoms with Crippen molar-refractivity contribution in [2.75, 3.05) is 11.9 Å². The summed E-state index contributed by atoms with van der Waals surface area (Å²) in [6.07, 6.45) is 3.22. The number of amides is 2. The van der Waals surface area contributed by atoms with Gasteiger partial charge in [0.05, 0.1) is 11.5 Å². The molecule has 3 heterocycles. The van der Waals surface area contributed by atoms with Crippen molar-refractivity contribution in [3.05, 3.63) is 35.4 Å². The highest BCUT2D eigenvalue weighted by atomic mass is 19.1. The number of hydrogen-bond donors (Lipinski definition) is 2. The van der Waals surface area contributed by atoms with Crippen LogP contribution in [0.15, 0.2) is 12.1 Å². The molecule has 0 radical (unpaired) electrons. The fourth-order valence-electron chi connectivity index (χ4n) is 4.43. The number of carbonyl (C=O) groups is 2. The van der Waals surface area contributed by atoms with Gasteiger partial charge in [-0.1, -0.05) is 13.3 Å². The topological polar surface area (TPSA) is 112 Å². The molecule has 0 saturated heterocycles. The first-order valence-electron chi connectivity index (χ1n) is 9.54. The molecule has 0 aliphatic carbocycles. The molecule has 29 heavy (non-hydrogen) atoms. The summed E-state index contributed by atoms with van der Waals surface area (Å²) < 4.78 is 35.1. The quantitative estimate of drug-likeness (QED) is 0.809. The van der Waals surface area contributed by atoms with Crippen LogP contribution < -0.4 is 15.8 Å². The van der Waals surface area contributed by atoms with Gasteiger partial charge in [0.1, 0.15) is 29.7 Å². The highest BCUT2D eigenvalue weighted by Gasteiger charge is 2.49. The molecule has 1 aromatic heterocycles. The number of fused-ring (bicyclic) bond motifs is 2. The van der Waals surface area contributed by atoms with Crippen molar-refractivity contribution in [3.8, 4) is 5.75 Å². The predicted molar refractivity (Wildman–Crippen MR) is 98.3 cm³/mol. The monoisotopic (exact) mass is 405 g/mol. The molecule has 0 bridgehead atoms. The van der Waals surface area contributed by atoms with Gasteiger partial charge < -0.3 is 15.8 Å². The third-order valence-corrected chi connectivity index (χ3v) is 5.65. The maximum atomic E-state index is 14.2. The fourth-order valence-corrected chi connectivity index (χ4v) is 4.43. The van der Waals surface area contributed by atoms with Gasteiger partial charge in [0.2, 0.25) is 11.7 Å². The van der Waals surface area contributed by atoms with E-state index in [4.69, 9.17) is 10.5 Å². The molecular formula is C19H21F2N5O3. The number of halogens is 2. The lowest BCUT2D eigenvalue weighted by molar-refractivity contribution is -0.126. The number of benzene rings is 1. The molecule has 3 N–H and O–H groups in total. The minimum absolute atomic E-state index is 0.0579. The maximum Gasteiger partial charge on any atom is 0.288 e. The Bertz CT molecular complexity index is 992. The van der Waals surface area contributed by atoms with Crippen LogP contribution >= 0.6 is 0 Å². The third-order valence-electron chi connectivity index (χ3n) is 5.65. The lowest BCUT2D eigenvalue weighted by atomic mass is 9.74. The van der Waals surface area contributed by atoms with Crippen LogP contribution in [0.2, 0.25) is 0 Å². The lowest BCUT2D eigenvalue weighted by Gasteiger charge is -2.42. The number of hydrogen-bond acceptors (Lipinski definition) is 5. The number of ether oxygens (including phenoxy) is 1. The number of primary amides is 1. The van der Waals surface area contributed by atoms with Gasteiger partial charge in [0, 0.05) is 18.6 Å². The molecule has 0 spiro atoms. The molecule has 2 amide bonds. The van der Waals surface area contributed by atoms with Gasteiger partial charge in [-0.15, -0.1) is 5.10 Å². The molecule has 4 rings (SSSR count). The van der Waals surface area contributed by atoms with E-state index in [0.717, 1.165) is 18.9 Å². The molecule has 2 atom stereocenters. The molecule has 2 aromatic rings. The number of aromatic nitrogens is 3. The van der Waals surface area contributed by atoms with E-state index < -0.39 is 34.9 Å². The van der Waals surface area contributed by atoms with E-state index in [1.54, 1.807) is 4.68 Å². The Hall–Kier alpha value is -3.04. The van der Waals surface area contributed by atoms with E-state index in [1.807, 2.05) is 6.92 Å². The van der Waals surface area contributed by atoms with E-state index in [2.05, 4.69) is 15.4 Å². The summed E-state index contributed by atoms with van der Waals surface area (Å²) in [5.74, 6) is -3.23. The van der Waals surface area contributed by atoms with Crippen LogP contribution in [0.5, 0.6) is 5.75 Å². The van der Waals surface area contributed by atoms with Crippen molar-refractivity contribution in [1.82, 2.24) is 14.8 Å². The number of nitrogens with zero attached hydrogens (tertiary/aromatic N) is 3. The van der Waals surface area contributed by atoms with Gasteiger partial charge in [-0.25, -0.2) is 18.4 Å². The molecular weight excluding hydrogens is 384 g/mol. The van der Waals surface area contributed by atoms with E-state index in [-0.39, 0.29) is 23.9 Å². The summed E-state index contributed by atoms with van der Waals surface area (Å²) in [5, 5.41) is 6.86. The lowest BCUT2D eigenvalue weighted by Crippen LogP contribution is -2.51. The second-order valence-electron chi connectivity index (χ2n) is 7.45. The van der Waals surface area contributed by atoms with Gasteiger partial charge >= 0.3 is 0 Å². The molecule has 8 nitrogen and oxygen atoms in total. The minimum Gasteiger partial charge on any atom is -0.490 e. The van der Waals surface area contributed by atoms with Crippen LogP contribution in [-0.4, -0.2) is 33.2 Å². The number of rotatable bonds is 4. The van der Waals surface area contributed by atoms with E-state index in [9.17, 15) is 18.4 Å². The first-order valence-corrected chi connectivity index (χ1v) is 9.54. The van der Waals surface area contributed by atoms with Crippen LogP contribution in [0.4, 0.5) is 14.5 Å². The molecule has 1 aromatic carbocycles. The van der Waals surface area contributed by atoms with Crippen LogP contribution in [-0.2, 0) is 16.8 Å². The van der Waals surface area contributed by atoms with Gasteiger partial charge in [-0.05, 0) is 19.3 Å². The Labute approximate surface area is 165 Å². The van der Waals surface area contributed by atoms with Gasteiger partial charge in [0.25, 0.3) is 5.91 Å². The summed E-state index contributed by atoms with van der Waals surface area (Å²) in [7, 11) is 0. The highest BCUT2D eigenvalue weighted by Crippen LogP contribution is 2.43. The van der Waals surface area contributed by atoms with Crippen LogP contribution in [0.3, 0.4) is 0 Å². The number of anilines is 1. The number of aryl methyl sites for hydroxylation is 1. The second kappa shape index (κ2) is 7.09. The molecule has 0 fully saturated rings. The van der Waals surface area contributed by atoms with E-state index in [1.165, 1.54) is 0 Å². The third kappa shape index (κ3) is 3.12. The van der Waals surface area contributed by atoms with Crippen molar-refractivity contribution in [2.24, 2.45) is 11.7 Å². The fraction of sp³-hybridized carbons (Fsp3) is 0.474. The SMILES string of the molecule is CCCC1([C@H]2COc3cc(F)cc(F)c3NC2=O)CCCc2nc(C(N)=O)nn21. The first-order chi connectivity index (χ1) is 13.9. The van der Waals surface area contributed by atoms with E-state index >= 15 is 0 Å². The highest BCUT2D eigenvalue weighted by molar-refractivity contribution is 5.95. The van der Waals surface area contributed by atoms with Crippen LogP contribution in [0.25, 0.3) is 0 Å². The zero-order valence-corrected chi connectivity index (χ0v) is 15.9. The zero-order valence-electron chi connectivity index (χ0n) is 15.9. The first kappa shape index (κ1) is 19.3. The van der Waals surface area contributed by atoms with Gasteiger partial charge in [-0.3, -0.25) is 9.59 Å². The van der Waals surface area contributed by atoms with Crippen molar-refractivity contribution in [3.63, 3.8) is 0 Å². The van der Waals surface area contributed by atoms with Crippen molar-refractivity contribution in [1.29, 1.82) is 0 Å². The second-order valence-corrected chi connectivity index (χ2v) is 7.45. The summed E-state index contributed by atoms with van der Waals surface area (Å²) in [6, 6.07) is 1.74. The molecule has 1 unspecified atom stereocenters. The average molecular weight is 405 g/mol. The largest absolute Gasteiger partial charge is 0.490 e. The number of nitrogens with one attached hydrogen (secondary N) is 1. The molecule has 154 valence electrons. The summed E-state index contributed by atoms with van der Waals surface area (Å²) >= 11 is 0. The average Bonchev–Trinajstić information content (AvgIpc) is 3.03. The van der Waals surface area contributed by atoms with Gasteiger partial charge in [-0.2, -0.15) is 0 Å². The van der Waals surface area contributed by atoms with E-state index in [0.29, 0.717) is 31.2 Å². The predicted octanol–water partition coefficient (Wildman–Crippen LogP) is 2.13.